The average Bonchev–Trinajstić information content (AvgIpc) is 2.76. The molecule has 1 N–H and O–H groups in total. The maximum Gasteiger partial charge on any atom is 0.0679 e. The van der Waals surface area contributed by atoms with Crippen LogP contribution in [-0.4, -0.2) is 49.8 Å². The molecule has 0 saturated carbocycles. The molecule has 1 aromatic carbocycles. The van der Waals surface area contributed by atoms with Gasteiger partial charge >= 0.3 is 0 Å². The number of rotatable bonds is 5. The van der Waals surface area contributed by atoms with E-state index in [0.29, 0.717) is 0 Å². The highest BCUT2D eigenvalue weighted by Gasteiger charge is 2.18. The van der Waals surface area contributed by atoms with Gasteiger partial charge in [-0.3, -0.25) is 0 Å². The predicted molar refractivity (Wildman–Crippen MR) is 76.2 cm³/mol. The standard InChI is InChI=1S/C15H24N2O/c1-16(2)14-7-5-13(6-8-14)4-3-10-17-11-9-15(18)12-17/h5-8,15,18H,3-4,9-12H2,1-2H3/t15-/m1/s1. The summed E-state index contributed by atoms with van der Waals surface area (Å²) in [5, 5.41) is 9.45. The maximum atomic E-state index is 9.45. The van der Waals surface area contributed by atoms with Crippen molar-refractivity contribution >= 4 is 5.69 Å². The van der Waals surface area contributed by atoms with Gasteiger partial charge in [0.2, 0.25) is 0 Å². The largest absolute Gasteiger partial charge is 0.392 e. The molecular weight excluding hydrogens is 224 g/mol. The molecule has 0 radical (unpaired) electrons. The van der Waals surface area contributed by atoms with Gasteiger partial charge < -0.3 is 14.9 Å². The lowest BCUT2D eigenvalue weighted by Crippen LogP contribution is -2.23. The number of β-amino-alcohol motifs (C(OH)–C–C–N with tert-alkyl or cyclic N) is 1. The van der Waals surface area contributed by atoms with Gasteiger partial charge in [-0.15, -0.1) is 0 Å². The van der Waals surface area contributed by atoms with Gasteiger partial charge in [0.25, 0.3) is 0 Å². The van der Waals surface area contributed by atoms with Gasteiger partial charge in [-0.1, -0.05) is 12.1 Å². The van der Waals surface area contributed by atoms with Gasteiger partial charge in [-0.25, -0.2) is 0 Å². The van der Waals surface area contributed by atoms with Crippen molar-refractivity contribution in [2.45, 2.75) is 25.4 Å². The Morgan fingerprint density at radius 2 is 2.00 bits per heavy atom. The van der Waals surface area contributed by atoms with Crippen LogP contribution in [0.2, 0.25) is 0 Å². The Kier molecular flexibility index (Phi) is 4.61. The second-order valence-electron chi connectivity index (χ2n) is 5.41. The van der Waals surface area contributed by atoms with E-state index in [4.69, 9.17) is 0 Å². The molecule has 0 aliphatic carbocycles. The third kappa shape index (κ3) is 3.72. The summed E-state index contributed by atoms with van der Waals surface area (Å²) < 4.78 is 0. The number of likely N-dealkylation sites (tertiary alicyclic amines) is 1. The highest BCUT2D eigenvalue weighted by atomic mass is 16.3. The third-order valence-corrected chi connectivity index (χ3v) is 3.64. The first-order valence-corrected chi connectivity index (χ1v) is 6.82. The molecule has 0 amide bonds. The van der Waals surface area contributed by atoms with E-state index < -0.39 is 0 Å². The molecule has 3 heteroatoms. The molecule has 0 spiro atoms. The molecule has 100 valence electrons. The van der Waals surface area contributed by atoms with E-state index in [1.54, 1.807) is 0 Å². The SMILES string of the molecule is CN(C)c1ccc(CCCN2CC[C@@H](O)C2)cc1. The molecule has 1 aliphatic heterocycles. The van der Waals surface area contributed by atoms with Gasteiger partial charge in [0, 0.05) is 32.9 Å². The summed E-state index contributed by atoms with van der Waals surface area (Å²) in [5.74, 6) is 0. The number of aryl methyl sites for hydroxylation is 1. The molecular formula is C15H24N2O. The van der Waals surface area contributed by atoms with Crippen LogP contribution in [0.25, 0.3) is 0 Å². The highest BCUT2D eigenvalue weighted by molar-refractivity contribution is 5.45. The Hall–Kier alpha value is -1.06. The summed E-state index contributed by atoms with van der Waals surface area (Å²) in [6.07, 6.45) is 3.15. The summed E-state index contributed by atoms with van der Waals surface area (Å²) in [4.78, 5) is 4.48. The first-order chi connectivity index (χ1) is 8.65. The zero-order valence-corrected chi connectivity index (χ0v) is 11.5. The van der Waals surface area contributed by atoms with Crippen molar-refractivity contribution in [3.8, 4) is 0 Å². The quantitative estimate of drug-likeness (QED) is 0.860. The average molecular weight is 248 g/mol. The summed E-state index contributed by atoms with van der Waals surface area (Å²) in [6, 6.07) is 8.78. The first-order valence-electron chi connectivity index (χ1n) is 6.82. The Morgan fingerprint density at radius 3 is 2.56 bits per heavy atom. The normalized spacial score (nSPS) is 20.3. The van der Waals surface area contributed by atoms with E-state index in [0.717, 1.165) is 32.5 Å². The van der Waals surface area contributed by atoms with Crippen LogP contribution >= 0.6 is 0 Å². The Morgan fingerprint density at radius 1 is 1.28 bits per heavy atom. The summed E-state index contributed by atoms with van der Waals surface area (Å²) >= 11 is 0. The molecule has 1 fully saturated rings. The van der Waals surface area contributed by atoms with E-state index in [1.165, 1.54) is 17.7 Å². The Bertz CT molecular complexity index is 361. The zero-order chi connectivity index (χ0) is 13.0. The van der Waals surface area contributed by atoms with Crippen LogP contribution in [0, 0.1) is 0 Å². The minimum absolute atomic E-state index is 0.0932. The summed E-state index contributed by atoms with van der Waals surface area (Å²) in [7, 11) is 4.13. The van der Waals surface area contributed by atoms with Crippen LogP contribution in [0.1, 0.15) is 18.4 Å². The van der Waals surface area contributed by atoms with Crippen molar-refractivity contribution in [1.82, 2.24) is 4.90 Å². The monoisotopic (exact) mass is 248 g/mol. The van der Waals surface area contributed by atoms with Crippen molar-refractivity contribution in [2.24, 2.45) is 0 Å². The first kappa shape index (κ1) is 13.4. The van der Waals surface area contributed by atoms with E-state index in [2.05, 4.69) is 48.2 Å². The Balaban J connectivity index is 1.73. The highest BCUT2D eigenvalue weighted by Crippen LogP contribution is 2.14. The topological polar surface area (TPSA) is 26.7 Å². The number of aliphatic hydroxyl groups is 1. The molecule has 1 atom stereocenters. The van der Waals surface area contributed by atoms with Crippen LogP contribution in [0.4, 0.5) is 5.69 Å². The minimum atomic E-state index is -0.0932. The van der Waals surface area contributed by atoms with Crippen molar-refractivity contribution < 1.29 is 5.11 Å². The van der Waals surface area contributed by atoms with Crippen molar-refractivity contribution in [3.05, 3.63) is 29.8 Å². The van der Waals surface area contributed by atoms with Crippen molar-refractivity contribution in [3.63, 3.8) is 0 Å². The number of benzene rings is 1. The lowest BCUT2D eigenvalue weighted by molar-refractivity contribution is 0.176. The summed E-state index contributed by atoms with van der Waals surface area (Å²) in [6.45, 7) is 3.02. The molecule has 0 unspecified atom stereocenters. The molecule has 1 aliphatic rings. The van der Waals surface area contributed by atoms with Crippen LogP contribution < -0.4 is 4.90 Å². The third-order valence-electron chi connectivity index (χ3n) is 3.64. The van der Waals surface area contributed by atoms with E-state index >= 15 is 0 Å². The van der Waals surface area contributed by atoms with Crippen LogP contribution in [-0.2, 0) is 6.42 Å². The second-order valence-corrected chi connectivity index (χ2v) is 5.41. The van der Waals surface area contributed by atoms with Gasteiger partial charge in [0.15, 0.2) is 0 Å². The lowest BCUT2D eigenvalue weighted by Gasteiger charge is -2.15. The molecule has 0 aromatic heterocycles. The number of hydrogen-bond donors (Lipinski definition) is 1. The molecule has 1 saturated heterocycles. The van der Waals surface area contributed by atoms with Gasteiger partial charge in [-0.05, 0) is 43.5 Å². The van der Waals surface area contributed by atoms with Crippen LogP contribution in [0.3, 0.4) is 0 Å². The fraction of sp³-hybridized carbons (Fsp3) is 0.600. The fourth-order valence-corrected chi connectivity index (χ4v) is 2.48. The van der Waals surface area contributed by atoms with Gasteiger partial charge in [0.05, 0.1) is 6.10 Å². The second kappa shape index (κ2) is 6.21. The molecule has 3 nitrogen and oxygen atoms in total. The number of aliphatic hydroxyl groups excluding tert-OH is 1. The predicted octanol–water partition coefficient (Wildman–Crippen LogP) is 1.75. The molecule has 0 bridgehead atoms. The van der Waals surface area contributed by atoms with E-state index in [9.17, 15) is 5.11 Å². The van der Waals surface area contributed by atoms with Gasteiger partial charge in [-0.2, -0.15) is 0 Å². The fourth-order valence-electron chi connectivity index (χ4n) is 2.48. The van der Waals surface area contributed by atoms with E-state index in [1.807, 2.05) is 0 Å². The maximum absolute atomic E-state index is 9.45. The summed E-state index contributed by atoms with van der Waals surface area (Å²) in [5.41, 5.74) is 2.65. The number of hydrogen-bond acceptors (Lipinski definition) is 3. The molecule has 2 rings (SSSR count). The smallest absolute Gasteiger partial charge is 0.0679 e. The molecule has 1 heterocycles. The Labute approximate surface area is 110 Å². The van der Waals surface area contributed by atoms with Crippen molar-refractivity contribution in [2.75, 3.05) is 38.6 Å². The van der Waals surface area contributed by atoms with Crippen LogP contribution in [0.15, 0.2) is 24.3 Å². The molecule has 1 aromatic rings. The number of nitrogens with zero attached hydrogens (tertiary/aromatic N) is 2. The van der Waals surface area contributed by atoms with E-state index in [-0.39, 0.29) is 6.10 Å². The molecule has 18 heavy (non-hydrogen) atoms. The van der Waals surface area contributed by atoms with Crippen molar-refractivity contribution in [1.29, 1.82) is 0 Å². The minimum Gasteiger partial charge on any atom is -0.392 e. The van der Waals surface area contributed by atoms with Crippen LogP contribution in [0.5, 0.6) is 0 Å². The number of anilines is 1. The zero-order valence-electron chi connectivity index (χ0n) is 11.5. The lowest BCUT2D eigenvalue weighted by atomic mass is 10.1. The van der Waals surface area contributed by atoms with Gasteiger partial charge in [0.1, 0.15) is 0 Å².